The molecule has 1 aromatic heterocycles. The van der Waals surface area contributed by atoms with E-state index in [1.165, 1.54) is 10.9 Å². The average Bonchev–Trinajstić information content (AvgIpc) is 2.69. The van der Waals surface area contributed by atoms with E-state index in [0.29, 0.717) is 0 Å². The molecular weight excluding hydrogens is 255 g/mol. The summed E-state index contributed by atoms with van der Waals surface area (Å²) in [4.78, 5) is 22.3. The van der Waals surface area contributed by atoms with Gasteiger partial charge in [0.05, 0.1) is 12.7 Å². The Morgan fingerprint density at radius 2 is 2.06 bits per heavy atom. The Morgan fingerprint density at radius 3 is 2.56 bits per heavy atom. The van der Waals surface area contributed by atoms with Gasteiger partial charge < -0.3 is 10.6 Å². The molecule has 0 aromatic carbocycles. The quantitative estimate of drug-likeness (QED) is 0.747. The van der Waals surface area contributed by atoms with Gasteiger partial charge in [0.25, 0.3) is 5.91 Å². The number of aryl methyl sites for hydroxylation is 1. The molecule has 0 unspecified atom stereocenters. The number of nitrogens with one attached hydrogen (secondary N) is 2. The van der Waals surface area contributed by atoms with Crippen molar-refractivity contribution < 1.29 is 22.8 Å². The van der Waals surface area contributed by atoms with E-state index in [1.54, 1.807) is 12.4 Å². The highest BCUT2D eigenvalue weighted by Crippen LogP contribution is 2.11. The van der Waals surface area contributed by atoms with E-state index in [2.05, 4.69) is 15.6 Å². The fourth-order valence-electron chi connectivity index (χ4n) is 0.964. The van der Waals surface area contributed by atoms with Crippen molar-refractivity contribution in [2.45, 2.75) is 6.18 Å². The minimum atomic E-state index is -4.48. The van der Waals surface area contributed by atoms with Gasteiger partial charge in [0.1, 0.15) is 6.54 Å². The molecule has 0 aliphatic carbocycles. The van der Waals surface area contributed by atoms with Crippen LogP contribution < -0.4 is 10.6 Å². The zero-order chi connectivity index (χ0) is 13.8. The number of halogens is 3. The number of carbonyl (C=O) groups excluding carboxylic acids is 2. The molecule has 18 heavy (non-hydrogen) atoms. The van der Waals surface area contributed by atoms with Crippen molar-refractivity contribution in [1.29, 1.82) is 0 Å². The molecule has 7 nitrogen and oxygen atoms in total. The van der Waals surface area contributed by atoms with Crippen LogP contribution in [0.15, 0.2) is 6.20 Å². The van der Waals surface area contributed by atoms with Crippen LogP contribution in [0.25, 0.3) is 0 Å². The molecule has 0 fully saturated rings. The molecule has 1 rings (SSSR count). The minimum Gasteiger partial charge on any atom is -0.345 e. The van der Waals surface area contributed by atoms with Crippen molar-refractivity contribution in [3.8, 4) is 0 Å². The number of alkyl halides is 3. The van der Waals surface area contributed by atoms with E-state index in [4.69, 9.17) is 0 Å². The van der Waals surface area contributed by atoms with Gasteiger partial charge >= 0.3 is 6.18 Å². The predicted octanol–water partition coefficient (Wildman–Crippen LogP) is -0.777. The topological polar surface area (TPSA) is 88.9 Å². The lowest BCUT2D eigenvalue weighted by atomic mass is 10.4. The zero-order valence-corrected chi connectivity index (χ0v) is 9.28. The Balaban J connectivity index is 2.33. The first-order valence-electron chi connectivity index (χ1n) is 4.76. The van der Waals surface area contributed by atoms with Crippen molar-refractivity contribution in [3.63, 3.8) is 0 Å². The molecule has 0 bridgehead atoms. The third-order valence-electron chi connectivity index (χ3n) is 1.73. The Bertz CT molecular complexity index is 442. The fourth-order valence-corrected chi connectivity index (χ4v) is 0.964. The summed E-state index contributed by atoms with van der Waals surface area (Å²) in [5, 5.41) is 10.7. The molecule has 2 amide bonds. The van der Waals surface area contributed by atoms with Crippen molar-refractivity contribution in [2.75, 3.05) is 13.1 Å². The minimum absolute atomic E-state index is 0.0267. The van der Waals surface area contributed by atoms with Gasteiger partial charge in [-0.2, -0.15) is 13.2 Å². The molecular formula is C8H10F3N5O2. The molecule has 0 aliphatic heterocycles. The number of hydrogen-bond acceptors (Lipinski definition) is 4. The van der Waals surface area contributed by atoms with Crippen LogP contribution in [0.1, 0.15) is 10.5 Å². The summed E-state index contributed by atoms with van der Waals surface area (Å²) in [6.45, 7) is -2.00. The number of aromatic nitrogens is 3. The van der Waals surface area contributed by atoms with Crippen LogP contribution in [0.4, 0.5) is 13.2 Å². The standard InChI is InChI=1S/C8H10F3N5O2/c1-16-3-5(14-15-16)7(18)12-2-6(17)13-4-8(9,10)11/h3H,2,4H2,1H3,(H,12,18)(H,13,17). The molecule has 2 N–H and O–H groups in total. The molecule has 0 spiro atoms. The normalized spacial score (nSPS) is 11.1. The second-order valence-electron chi connectivity index (χ2n) is 3.35. The first-order chi connectivity index (χ1) is 8.28. The first-order valence-corrected chi connectivity index (χ1v) is 4.76. The highest BCUT2D eigenvalue weighted by Gasteiger charge is 2.27. The largest absolute Gasteiger partial charge is 0.405 e. The van der Waals surface area contributed by atoms with Crippen molar-refractivity contribution in [1.82, 2.24) is 25.6 Å². The van der Waals surface area contributed by atoms with Crippen molar-refractivity contribution in [2.24, 2.45) is 7.05 Å². The van der Waals surface area contributed by atoms with E-state index in [1.807, 2.05) is 0 Å². The van der Waals surface area contributed by atoms with E-state index in [-0.39, 0.29) is 5.69 Å². The van der Waals surface area contributed by atoms with Crippen LogP contribution in [-0.4, -0.2) is 46.1 Å². The zero-order valence-electron chi connectivity index (χ0n) is 9.28. The third-order valence-corrected chi connectivity index (χ3v) is 1.73. The van der Waals surface area contributed by atoms with E-state index in [0.717, 1.165) is 0 Å². The Morgan fingerprint density at radius 1 is 1.39 bits per heavy atom. The summed E-state index contributed by atoms with van der Waals surface area (Å²) in [7, 11) is 1.54. The lowest BCUT2D eigenvalue weighted by Gasteiger charge is -2.08. The number of carbonyl (C=O) groups is 2. The second-order valence-corrected chi connectivity index (χ2v) is 3.35. The molecule has 0 atom stereocenters. The summed E-state index contributed by atoms with van der Waals surface area (Å²) in [6.07, 6.45) is -3.17. The molecule has 100 valence electrons. The number of rotatable bonds is 4. The number of amides is 2. The fraction of sp³-hybridized carbons (Fsp3) is 0.500. The molecule has 0 saturated carbocycles. The van der Waals surface area contributed by atoms with Gasteiger partial charge in [-0.05, 0) is 0 Å². The van der Waals surface area contributed by atoms with Gasteiger partial charge in [-0.3, -0.25) is 14.3 Å². The lowest BCUT2D eigenvalue weighted by Crippen LogP contribution is -2.40. The second kappa shape index (κ2) is 5.47. The van der Waals surface area contributed by atoms with Crippen LogP contribution in [0, 0.1) is 0 Å². The van der Waals surface area contributed by atoms with Gasteiger partial charge in [0.2, 0.25) is 5.91 Å². The molecule has 1 heterocycles. The monoisotopic (exact) mass is 265 g/mol. The maximum absolute atomic E-state index is 11.8. The van der Waals surface area contributed by atoms with Crippen LogP contribution in [-0.2, 0) is 11.8 Å². The first kappa shape index (κ1) is 13.9. The Hall–Kier alpha value is -2.13. The summed E-state index contributed by atoms with van der Waals surface area (Å²) in [6, 6.07) is 0. The SMILES string of the molecule is Cn1cc(C(=O)NCC(=O)NCC(F)(F)F)nn1. The maximum atomic E-state index is 11.8. The van der Waals surface area contributed by atoms with Crippen LogP contribution >= 0.6 is 0 Å². The number of nitrogens with zero attached hydrogens (tertiary/aromatic N) is 3. The van der Waals surface area contributed by atoms with Crippen LogP contribution in [0.2, 0.25) is 0 Å². The highest BCUT2D eigenvalue weighted by molar-refractivity contribution is 5.94. The molecule has 10 heteroatoms. The van der Waals surface area contributed by atoms with E-state index < -0.39 is 31.1 Å². The summed E-state index contributed by atoms with van der Waals surface area (Å²) in [5.74, 6) is -1.63. The number of hydrogen-bond donors (Lipinski definition) is 2. The molecule has 0 saturated heterocycles. The summed E-state index contributed by atoms with van der Waals surface area (Å²) >= 11 is 0. The predicted molar refractivity (Wildman–Crippen MR) is 52.4 cm³/mol. The summed E-state index contributed by atoms with van der Waals surface area (Å²) < 4.78 is 36.6. The Labute approximate surface area is 99.3 Å². The van der Waals surface area contributed by atoms with Gasteiger partial charge in [0.15, 0.2) is 5.69 Å². The van der Waals surface area contributed by atoms with E-state index in [9.17, 15) is 22.8 Å². The van der Waals surface area contributed by atoms with Gasteiger partial charge in [-0.1, -0.05) is 5.21 Å². The molecule has 0 aliphatic rings. The van der Waals surface area contributed by atoms with Crippen molar-refractivity contribution in [3.05, 3.63) is 11.9 Å². The maximum Gasteiger partial charge on any atom is 0.405 e. The average molecular weight is 265 g/mol. The van der Waals surface area contributed by atoms with Crippen molar-refractivity contribution >= 4 is 11.8 Å². The summed E-state index contributed by atoms with van der Waals surface area (Å²) in [5.41, 5.74) is -0.0267. The highest BCUT2D eigenvalue weighted by atomic mass is 19.4. The Kier molecular flexibility index (Phi) is 4.23. The van der Waals surface area contributed by atoms with Gasteiger partial charge in [-0.15, -0.1) is 5.10 Å². The lowest BCUT2D eigenvalue weighted by molar-refractivity contribution is -0.137. The van der Waals surface area contributed by atoms with Crippen LogP contribution in [0.3, 0.4) is 0 Å². The van der Waals surface area contributed by atoms with E-state index >= 15 is 0 Å². The molecule has 1 aromatic rings. The van der Waals surface area contributed by atoms with Crippen LogP contribution in [0.5, 0.6) is 0 Å². The van der Waals surface area contributed by atoms with Gasteiger partial charge in [-0.25, -0.2) is 0 Å². The smallest absolute Gasteiger partial charge is 0.345 e. The third kappa shape index (κ3) is 4.80. The molecule has 0 radical (unpaired) electrons. The van der Waals surface area contributed by atoms with Gasteiger partial charge in [0, 0.05) is 7.05 Å².